The van der Waals surface area contributed by atoms with Crippen LogP contribution in [0.4, 0.5) is 0 Å². The third kappa shape index (κ3) is 1.99. The van der Waals surface area contributed by atoms with Crippen molar-refractivity contribution in [2.24, 2.45) is 0 Å². The number of benzene rings is 1. The van der Waals surface area contributed by atoms with Crippen LogP contribution in [0, 0.1) is 0 Å². The minimum absolute atomic E-state index is 0.150. The van der Waals surface area contributed by atoms with Gasteiger partial charge in [-0.1, -0.05) is 18.2 Å². The number of nitrogens with one attached hydrogen (secondary N) is 1. The Hall–Kier alpha value is -1.81. The molecule has 2 aromatic rings. The molecule has 0 saturated heterocycles. The van der Waals surface area contributed by atoms with Gasteiger partial charge in [0.05, 0.1) is 12.9 Å². The van der Waals surface area contributed by atoms with Crippen LogP contribution in [0.15, 0.2) is 30.7 Å². The topological polar surface area (TPSA) is 69.1 Å². The fourth-order valence-electron chi connectivity index (χ4n) is 1.50. The summed E-state index contributed by atoms with van der Waals surface area (Å²) in [7, 11) is 0. The van der Waals surface area contributed by atoms with Gasteiger partial charge in [-0.2, -0.15) is 0 Å². The average molecular weight is 204 g/mol. The van der Waals surface area contributed by atoms with Gasteiger partial charge >= 0.3 is 0 Å². The minimum atomic E-state index is -0.150. The van der Waals surface area contributed by atoms with E-state index >= 15 is 0 Å². The summed E-state index contributed by atoms with van der Waals surface area (Å²) >= 11 is 0. The van der Waals surface area contributed by atoms with Crippen molar-refractivity contribution in [3.63, 3.8) is 0 Å². The number of aromatic hydroxyl groups is 1. The quantitative estimate of drug-likeness (QED) is 0.703. The summed E-state index contributed by atoms with van der Waals surface area (Å²) in [5.74, 6) is 0.162. The number of hydrogen-bond acceptors (Lipinski definition) is 3. The Bertz CT molecular complexity index is 438. The molecule has 0 spiro atoms. The highest BCUT2D eigenvalue weighted by atomic mass is 16.3. The zero-order valence-electron chi connectivity index (χ0n) is 8.14. The molecule has 0 unspecified atom stereocenters. The van der Waals surface area contributed by atoms with Crippen molar-refractivity contribution in [3.05, 3.63) is 47.5 Å². The fourth-order valence-corrected chi connectivity index (χ4v) is 1.50. The highest BCUT2D eigenvalue weighted by Crippen LogP contribution is 2.24. The van der Waals surface area contributed by atoms with Crippen LogP contribution in [0.2, 0.25) is 0 Å². The third-order valence-corrected chi connectivity index (χ3v) is 2.31. The van der Waals surface area contributed by atoms with Crippen LogP contribution in [0.3, 0.4) is 0 Å². The highest BCUT2D eigenvalue weighted by molar-refractivity contribution is 5.41. The van der Waals surface area contributed by atoms with Gasteiger partial charge in [0.1, 0.15) is 5.75 Å². The number of imidazole rings is 1. The number of H-pyrrole nitrogens is 1. The zero-order chi connectivity index (χ0) is 10.7. The van der Waals surface area contributed by atoms with Crippen molar-refractivity contribution in [1.29, 1.82) is 0 Å². The summed E-state index contributed by atoms with van der Waals surface area (Å²) in [6, 6.07) is 5.35. The molecule has 0 atom stereocenters. The van der Waals surface area contributed by atoms with Gasteiger partial charge in [-0.25, -0.2) is 4.98 Å². The first-order valence-corrected chi connectivity index (χ1v) is 4.69. The molecule has 1 heterocycles. The Morgan fingerprint density at radius 3 is 2.73 bits per heavy atom. The van der Waals surface area contributed by atoms with Crippen LogP contribution in [0.25, 0.3) is 0 Å². The fraction of sp³-hybridized carbons (Fsp3) is 0.182. The van der Waals surface area contributed by atoms with Crippen LogP contribution >= 0.6 is 0 Å². The molecule has 0 fully saturated rings. The van der Waals surface area contributed by atoms with Crippen LogP contribution in [-0.4, -0.2) is 20.2 Å². The predicted molar refractivity (Wildman–Crippen MR) is 55.4 cm³/mol. The Kier molecular flexibility index (Phi) is 2.69. The van der Waals surface area contributed by atoms with Gasteiger partial charge < -0.3 is 15.2 Å². The molecule has 0 saturated carbocycles. The normalized spacial score (nSPS) is 10.5. The van der Waals surface area contributed by atoms with Gasteiger partial charge in [0.15, 0.2) is 0 Å². The van der Waals surface area contributed by atoms with Gasteiger partial charge in [0.25, 0.3) is 0 Å². The van der Waals surface area contributed by atoms with Gasteiger partial charge in [-0.3, -0.25) is 0 Å². The van der Waals surface area contributed by atoms with Gasteiger partial charge in [0.2, 0.25) is 0 Å². The number of hydrogen-bond donors (Lipinski definition) is 3. The lowest BCUT2D eigenvalue weighted by atomic mass is 10.1. The minimum Gasteiger partial charge on any atom is -0.507 e. The van der Waals surface area contributed by atoms with E-state index in [0.717, 1.165) is 11.3 Å². The first kappa shape index (κ1) is 9.73. The second-order valence-corrected chi connectivity index (χ2v) is 3.34. The maximum Gasteiger partial charge on any atom is 0.124 e. The average Bonchev–Trinajstić information content (AvgIpc) is 2.74. The molecule has 1 aromatic heterocycles. The van der Waals surface area contributed by atoms with E-state index in [9.17, 15) is 5.11 Å². The predicted octanol–water partition coefficient (Wildman–Crippen LogP) is 1.20. The lowest BCUT2D eigenvalue weighted by molar-refractivity contribution is 0.275. The second kappa shape index (κ2) is 4.14. The Balaban J connectivity index is 2.29. The smallest absolute Gasteiger partial charge is 0.124 e. The van der Waals surface area contributed by atoms with Crippen molar-refractivity contribution in [2.75, 3.05) is 0 Å². The molecule has 0 bridgehead atoms. The number of rotatable bonds is 3. The second-order valence-electron chi connectivity index (χ2n) is 3.34. The largest absolute Gasteiger partial charge is 0.507 e. The standard InChI is InChI=1S/C11H12N2O2/c14-6-9-3-1-2-8(11(9)15)4-10-5-12-7-13-10/h1-3,5,7,14-15H,4,6H2,(H,12,13). The Morgan fingerprint density at radius 2 is 2.07 bits per heavy atom. The molecule has 4 heteroatoms. The number of aromatic amines is 1. The number of phenols is 1. The molecular weight excluding hydrogens is 192 g/mol. The summed E-state index contributed by atoms with van der Waals surface area (Å²) < 4.78 is 0. The van der Waals surface area contributed by atoms with Crippen LogP contribution in [0.1, 0.15) is 16.8 Å². The molecule has 0 radical (unpaired) electrons. The first-order valence-electron chi connectivity index (χ1n) is 4.69. The Morgan fingerprint density at radius 1 is 1.27 bits per heavy atom. The SMILES string of the molecule is OCc1cccc(Cc2cnc[nH]2)c1O. The monoisotopic (exact) mass is 204 g/mol. The molecule has 1 aromatic carbocycles. The molecule has 0 aliphatic carbocycles. The molecule has 0 amide bonds. The van der Waals surface area contributed by atoms with E-state index in [1.807, 2.05) is 12.1 Å². The van der Waals surface area contributed by atoms with Crippen molar-refractivity contribution < 1.29 is 10.2 Å². The van der Waals surface area contributed by atoms with E-state index in [1.54, 1.807) is 18.6 Å². The van der Waals surface area contributed by atoms with Crippen molar-refractivity contribution in [2.45, 2.75) is 13.0 Å². The first-order chi connectivity index (χ1) is 7.31. The zero-order valence-corrected chi connectivity index (χ0v) is 8.14. The summed E-state index contributed by atoms with van der Waals surface area (Å²) in [4.78, 5) is 6.87. The highest BCUT2D eigenvalue weighted by Gasteiger charge is 2.07. The van der Waals surface area contributed by atoms with E-state index < -0.39 is 0 Å². The van der Waals surface area contributed by atoms with Crippen LogP contribution < -0.4 is 0 Å². The Labute approximate surface area is 87.2 Å². The van der Waals surface area contributed by atoms with E-state index in [0.29, 0.717) is 12.0 Å². The van der Waals surface area contributed by atoms with Gasteiger partial charge in [-0.15, -0.1) is 0 Å². The van der Waals surface area contributed by atoms with E-state index in [-0.39, 0.29) is 12.4 Å². The summed E-state index contributed by atoms with van der Waals surface area (Å²) in [5.41, 5.74) is 2.26. The van der Waals surface area contributed by atoms with Gasteiger partial charge in [-0.05, 0) is 0 Å². The maximum atomic E-state index is 9.79. The molecular formula is C11H12N2O2. The maximum absolute atomic E-state index is 9.79. The summed E-state index contributed by atoms with van der Waals surface area (Å²) in [6.07, 6.45) is 3.90. The van der Waals surface area contributed by atoms with E-state index in [1.165, 1.54) is 0 Å². The number of nitrogens with zero attached hydrogens (tertiary/aromatic N) is 1. The van der Waals surface area contributed by atoms with Crippen molar-refractivity contribution >= 4 is 0 Å². The van der Waals surface area contributed by atoms with E-state index in [4.69, 9.17) is 5.11 Å². The lowest BCUT2D eigenvalue weighted by Crippen LogP contribution is -1.92. The lowest BCUT2D eigenvalue weighted by Gasteiger charge is -2.06. The number of aromatic nitrogens is 2. The molecule has 78 valence electrons. The van der Waals surface area contributed by atoms with Crippen molar-refractivity contribution in [3.8, 4) is 5.75 Å². The molecule has 0 aliphatic heterocycles. The molecule has 3 N–H and O–H groups in total. The van der Waals surface area contributed by atoms with Gasteiger partial charge in [0, 0.05) is 29.4 Å². The molecule has 2 rings (SSSR count). The molecule has 0 aliphatic rings. The number of aliphatic hydroxyl groups excluding tert-OH is 1. The molecule has 15 heavy (non-hydrogen) atoms. The van der Waals surface area contributed by atoms with Crippen LogP contribution in [0.5, 0.6) is 5.75 Å². The number of aliphatic hydroxyl groups is 1. The number of para-hydroxylation sites is 1. The molecule has 4 nitrogen and oxygen atoms in total. The third-order valence-electron chi connectivity index (χ3n) is 2.31. The summed E-state index contributed by atoms with van der Waals surface area (Å²) in [6.45, 7) is -0.150. The van der Waals surface area contributed by atoms with Crippen molar-refractivity contribution in [1.82, 2.24) is 9.97 Å². The van der Waals surface area contributed by atoms with Crippen LogP contribution in [-0.2, 0) is 13.0 Å². The summed E-state index contributed by atoms with van der Waals surface area (Å²) in [5, 5.41) is 18.8. The van der Waals surface area contributed by atoms with E-state index in [2.05, 4.69) is 9.97 Å².